The smallest absolute Gasteiger partial charge is 0.335 e. The maximum Gasteiger partial charge on any atom is 0.335 e. The molecular weight excluding hydrogens is 256 g/mol. The molecule has 0 bridgehead atoms. The summed E-state index contributed by atoms with van der Waals surface area (Å²) >= 11 is 0. The van der Waals surface area contributed by atoms with Gasteiger partial charge in [0, 0.05) is 18.7 Å². The molecule has 0 atom stereocenters. The van der Waals surface area contributed by atoms with Gasteiger partial charge in [-0.1, -0.05) is 19.4 Å². The summed E-state index contributed by atoms with van der Waals surface area (Å²) in [5.41, 5.74) is 0.689. The van der Waals surface area contributed by atoms with Gasteiger partial charge in [0.1, 0.15) is 0 Å². The molecule has 5 heteroatoms. The monoisotopic (exact) mass is 278 g/mol. The van der Waals surface area contributed by atoms with Gasteiger partial charge in [0.25, 0.3) is 0 Å². The highest BCUT2D eigenvalue weighted by atomic mass is 16.4. The standard InChI is InChI=1S/C15H22N2O3/c1-3-4-9-17(2)10-8-14(18)16-13-7-5-6-12(11-13)15(19)20/h5-7,11H,3-4,8-10H2,1-2H3,(H,16,18)(H,19,20). The highest BCUT2D eigenvalue weighted by Crippen LogP contribution is 2.11. The van der Waals surface area contributed by atoms with Crippen LogP contribution in [0.25, 0.3) is 0 Å². The van der Waals surface area contributed by atoms with E-state index in [1.165, 1.54) is 12.1 Å². The van der Waals surface area contributed by atoms with E-state index in [0.717, 1.165) is 19.4 Å². The SMILES string of the molecule is CCCCN(C)CCC(=O)Nc1cccc(C(=O)O)c1. The summed E-state index contributed by atoms with van der Waals surface area (Å²) in [6.07, 6.45) is 2.66. The zero-order valence-corrected chi connectivity index (χ0v) is 12.1. The summed E-state index contributed by atoms with van der Waals surface area (Å²) in [5, 5.41) is 11.6. The Bertz CT molecular complexity index is 460. The Morgan fingerprint density at radius 1 is 1.30 bits per heavy atom. The van der Waals surface area contributed by atoms with Crippen LogP contribution in [0.1, 0.15) is 36.5 Å². The van der Waals surface area contributed by atoms with Crippen LogP contribution in [0.2, 0.25) is 0 Å². The number of benzene rings is 1. The lowest BCUT2D eigenvalue weighted by Crippen LogP contribution is -2.25. The van der Waals surface area contributed by atoms with E-state index in [4.69, 9.17) is 5.11 Å². The minimum absolute atomic E-state index is 0.101. The average molecular weight is 278 g/mol. The fraction of sp³-hybridized carbons (Fsp3) is 0.467. The molecule has 0 heterocycles. The van der Waals surface area contributed by atoms with E-state index in [2.05, 4.69) is 17.1 Å². The Balaban J connectivity index is 2.42. The first-order valence-corrected chi connectivity index (χ1v) is 6.84. The van der Waals surface area contributed by atoms with Crippen LogP contribution < -0.4 is 5.32 Å². The molecule has 0 fully saturated rings. The van der Waals surface area contributed by atoms with Crippen molar-refractivity contribution in [2.75, 3.05) is 25.5 Å². The number of hydrogen-bond acceptors (Lipinski definition) is 3. The van der Waals surface area contributed by atoms with E-state index in [0.29, 0.717) is 18.7 Å². The largest absolute Gasteiger partial charge is 0.478 e. The number of carbonyl (C=O) groups is 2. The summed E-state index contributed by atoms with van der Waals surface area (Å²) in [5.74, 6) is -1.10. The van der Waals surface area contributed by atoms with Gasteiger partial charge in [-0.05, 0) is 38.2 Å². The Hall–Kier alpha value is -1.88. The normalized spacial score (nSPS) is 10.6. The van der Waals surface area contributed by atoms with Crippen molar-refractivity contribution in [3.8, 4) is 0 Å². The molecule has 0 saturated heterocycles. The van der Waals surface area contributed by atoms with Gasteiger partial charge in [-0.25, -0.2) is 4.79 Å². The van der Waals surface area contributed by atoms with E-state index in [-0.39, 0.29) is 11.5 Å². The van der Waals surface area contributed by atoms with Gasteiger partial charge in [0.05, 0.1) is 5.56 Å². The van der Waals surface area contributed by atoms with Crippen LogP contribution in [-0.2, 0) is 4.79 Å². The number of carbonyl (C=O) groups excluding carboxylic acids is 1. The second-order valence-electron chi connectivity index (χ2n) is 4.84. The topological polar surface area (TPSA) is 69.6 Å². The summed E-state index contributed by atoms with van der Waals surface area (Å²) in [4.78, 5) is 24.7. The molecule has 0 aromatic heterocycles. The Morgan fingerprint density at radius 2 is 2.05 bits per heavy atom. The average Bonchev–Trinajstić information content (AvgIpc) is 2.43. The summed E-state index contributed by atoms with van der Waals surface area (Å²) in [6, 6.07) is 6.26. The van der Waals surface area contributed by atoms with E-state index < -0.39 is 5.97 Å². The minimum Gasteiger partial charge on any atom is -0.478 e. The number of aromatic carboxylic acids is 1. The first-order chi connectivity index (χ1) is 9.52. The van der Waals surface area contributed by atoms with Gasteiger partial charge in [0.15, 0.2) is 0 Å². The lowest BCUT2D eigenvalue weighted by molar-refractivity contribution is -0.116. The number of nitrogens with zero attached hydrogens (tertiary/aromatic N) is 1. The Labute approximate surface area is 119 Å². The van der Waals surface area contributed by atoms with E-state index >= 15 is 0 Å². The van der Waals surface area contributed by atoms with Crippen molar-refractivity contribution in [2.45, 2.75) is 26.2 Å². The Kier molecular flexibility index (Phi) is 6.73. The van der Waals surface area contributed by atoms with Crippen molar-refractivity contribution in [1.29, 1.82) is 0 Å². The maximum atomic E-state index is 11.8. The zero-order chi connectivity index (χ0) is 15.0. The first-order valence-electron chi connectivity index (χ1n) is 6.84. The van der Waals surface area contributed by atoms with Crippen LogP contribution in [0.4, 0.5) is 5.69 Å². The molecule has 0 saturated carbocycles. The molecular formula is C15H22N2O3. The molecule has 0 aliphatic carbocycles. The molecule has 1 rings (SSSR count). The van der Waals surface area contributed by atoms with Crippen LogP contribution in [-0.4, -0.2) is 42.0 Å². The second kappa shape index (κ2) is 8.32. The van der Waals surface area contributed by atoms with Gasteiger partial charge in [-0.15, -0.1) is 0 Å². The highest BCUT2D eigenvalue weighted by molar-refractivity contribution is 5.93. The van der Waals surface area contributed by atoms with Crippen molar-refractivity contribution in [1.82, 2.24) is 4.90 Å². The van der Waals surface area contributed by atoms with Crippen LogP contribution >= 0.6 is 0 Å². The van der Waals surface area contributed by atoms with Crippen LogP contribution in [0.3, 0.4) is 0 Å². The molecule has 1 aromatic carbocycles. The third kappa shape index (κ3) is 5.84. The van der Waals surface area contributed by atoms with Gasteiger partial charge in [-0.2, -0.15) is 0 Å². The molecule has 2 N–H and O–H groups in total. The van der Waals surface area contributed by atoms with Crippen molar-refractivity contribution in [2.24, 2.45) is 0 Å². The number of rotatable bonds is 8. The van der Waals surface area contributed by atoms with E-state index in [9.17, 15) is 9.59 Å². The summed E-state index contributed by atoms with van der Waals surface area (Å²) in [6.45, 7) is 3.82. The molecule has 1 aromatic rings. The number of unbranched alkanes of at least 4 members (excludes halogenated alkanes) is 1. The predicted molar refractivity (Wildman–Crippen MR) is 79.1 cm³/mol. The third-order valence-electron chi connectivity index (χ3n) is 3.01. The van der Waals surface area contributed by atoms with Crippen molar-refractivity contribution < 1.29 is 14.7 Å². The van der Waals surface area contributed by atoms with Gasteiger partial charge in [0.2, 0.25) is 5.91 Å². The molecule has 0 aliphatic heterocycles. The van der Waals surface area contributed by atoms with Crippen LogP contribution in [0.5, 0.6) is 0 Å². The lowest BCUT2D eigenvalue weighted by Gasteiger charge is -2.15. The number of hydrogen-bond donors (Lipinski definition) is 2. The van der Waals surface area contributed by atoms with Gasteiger partial charge >= 0.3 is 5.97 Å². The fourth-order valence-electron chi connectivity index (χ4n) is 1.79. The van der Waals surface area contributed by atoms with Crippen molar-refractivity contribution in [3.05, 3.63) is 29.8 Å². The molecule has 0 spiro atoms. The minimum atomic E-state index is -1.000. The van der Waals surface area contributed by atoms with Crippen LogP contribution in [0, 0.1) is 0 Å². The quantitative estimate of drug-likeness (QED) is 0.766. The second-order valence-corrected chi connectivity index (χ2v) is 4.84. The Morgan fingerprint density at radius 3 is 2.70 bits per heavy atom. The number of carboxylic acid groups (broad SMARTS) is 1. The van der Waals surface area contributed by atoms with Gasteiger partial charge in [-0.3, -0.25) is 4.79 Å². The molecule has 110 valence electrons. The number of anilines is 1. The number of nitrogens with one attached hydrogen (secondary N) is 1. The summed E-state index contributed by atoms with van der Waals surface area (Å²) < 4.78 is 0. The third-order valence-corrected chi connectivity index (χ3v) is 3.01. The first kappa shape index (κ1) is 16.2. The maximum absolute atomic E-state index is 11.8. The molecule has 20 heavy (non-hydrogen) atoms. The zero-order valence-electron chi connectivity index (χ0n) is 12.1. The van der Waals surface area contributed by atoms with Gasteiger partial charge < -0.3 is 15.3 Å². The van der Waals surface area contributed by atoms with E-state index in [1.54, 1.807) is 12.1 Å². The molecule has 5 nitrogen and oxygen atoms in total. The summed E-state index contributed by atoms with van der Waals surface area (Å²) in [7, 11) is 1.99. The van der Waals surface area contributed by atoms with Crippen LogP contribution in [0.15, 0.2) is 24.3 Å². The molecule has 0 radical (unpaired) electrons. The lowest BCUT2D eigenvalue weighted by atomic mass is 10.2. The number of amides is 1. The molecule has 0 unspecified atom stereocenters. The van der Waals surface area contributed by atoms with Crippen molar-refractivity contribution >= 4 is 17.6 Å². The van der Waals surface area contributed by atoms with E-state index in [1.807, 2.05) is 7.05 Å². The molecule has 1 amide bonds. The highest BCUT2D eigenvalue weighted by Gasteiger charge is 2.07. The number of carboxylic acids is 1. The molecule has 0 aliphatic rings. The van der Waals surface area contributed by atoms with Crippen molar-refractivity contribution in [3.63, 3.8) is 0 Å². The predicted octanol–water partition coefficient (Wildman–Crippen LogP) is 2.45. The fourth-order valence-corrected chi connectivity index (χ4v) is 1.79.